The molecule has 0 spiro atoms. The van der Waals surface area contributed by atoms with E-state index in [1.807, 2.05) is 88.4 Å². The second-order valence-corrected chi connectivity index (χ2v) is 16.9. The Labute approximate surface area is 405 Å². The number of rotatable bonds is 25. The van der Waals surface area contributed by atoms with Gasteiger partial charge in [-0.1, -0.05) is 125 Å². The zero-order valence-electron chi connectivity index (χ0n) is 40.1. The van der Waals surface area contributed by atoms with Crippen molar-refractivity contribution in [2.45, 2.75) is 98.8 Å². The fourth-order valence-corrected chi connectivity index (χ4v) is 6.78. The summed E-state index contributed by atoms with van der Waals surface area (Å²) >= 11 is 0. The summed E-state index contributed by atoms with van der Waals surface area (Å²) in [4.78, 5) is 87.4. The van der Waals surface area contributed by atoms with Gasteiger partial charge in [0.05, 0.1) is 18.7 Å². The zero-order valence-corrected chi connectivity index (χ0v) is 40.1. The van der Waals surface area contributed by atoms with E-state index in [4.69, 9.17) is 19.3 Å². The molecule has 368 valence electrons. The van der Waals surface area contributed by atoms with Crippen LogP contribution in [-0.4, -0.2) is 58.7 Å². The number of ketones is 2. The molecule has 4 aromatic carbocycles. The van der Waals surface area contributed by atoms with Crippen LogP contribution in [0.1, 0.15) is 82.6 Å². The van der Waals surface area contributed by atoms with Gasteiger partial charge in [0.15, 0.2) is 11.6 Å². The third kappa shape index (κ3) is 21.0. The lowest BCUT2D eigenvalue weighted by atomic mass is 9.90. The number of benzene rings is 4. The van der Waals surface area contributed by atoms with Gasteiger partial charge in [-0.15, -0.1) is 13.2 Å². The van der Waals surface area contributed by atoms with Crippen molar-refractivity contribution in [2.24, 2.45) is 23.7 Å². The van der Waals surface area contributed by atoms with Crippen molar-refractivity contribution >= 4 is 52.9 Å². The molecule has 4 rings (SSSR count). The number of aliphatic hydroxyl groups is 1. The maximum absolute atomic E-state index is 13.1. The third-order valence-electron chi connectivity index (χ3n) is 10.6. The van der Waals surface area contributed by atoms with E-state index in [1.54, 1.807) is 60.7 Å². The minimum atomic E-state index is -0.797. The van der Waals surface area contributed by atoms with Crippen LogP contribution >= 0.6 is 0 Å². The fourth-order valence-electron chi connectivity index (χ4n) is 6.78. The Morgan fingerprint density at radius 3 is 1.20 bits per heavy atom. The van der Waals surface area contributed by atoms with Gasteiger partial charge in [0, 0.05) is 43.0 Å². The molecule has 0 heterocycles. The number of alkyl carbamates (subject to hydrolysis) is 2. The molecule has 15 heteroatoms. The van der Waals surface area contributed by atoms with E-state index < -0.39 is 36.1 Å². The average Bonchev–Trinajstić information content (AvgIpc) is 3.33. The lowest BCUT2D eigenvalue weighted by Gasteiger charge is -2.23. The molecule has 0 aliphatic heterocycles. The molecule has 0 aliphatic carbocycles. The van der Waals surface area contributed by atoms with Gasteiger partial charge < -0.3 is 40.6 Å². The van der Waals surface area contributed by atoms with E-state index in [0.717, 1.165) is 22.3 Å². The summed E-state index contributed by atoms with van der Waals surface area (Å²) in [6, 6.07) is 30.6. The quantitative estimate of drug-likeness (QED) is 0.0240. The second kappa shape index (κ2) is 30.1. The molecule has 0 saturated carbocycles. The molecule has 69 heavy (non-hydrogen) atoms. The van der Waals surface area contributed by atoms with Gasteiger partial charge in [-0.2, -0.15) is 0 Å². The summed E-state index contributed by atoms with van der Waals surface area (Å²) in [5, 5.41) is 20.0. The lowest BCUT2D eigenvalue weighted by Crippen LogP contribution is -2.45. The molecule has 4 aromatic rings. The van der Waals surface area contributed by atoms with E-state index in [9.17, 15) is 33.6 Å². The molecular formula is C54H66N4O11. The number of hydrogen-bond acceptors (Lipinski definition) is 11. The Bertz CT molecular complexity index is 2280. The largest absolute Gasteiger partial charge is 0.461 e. The summed E-state index contributed by atoms with van der Waals surface area (Å²) in [5.74, 6) is -3.18. The van der Waals surface area contributed by atoms with Crippen LogP contribution in [0.25, 0.3) is 0 Å². The molecule has 5 N–H and O–H groups in total. The molecule has 0 radical (unpaired) electrons. The molecule has 0 aromatic heterocycles. The van der Waals surface area contributed by atoms with Crippen molar-refractivity contribution in [3.63, 3.8) is 0 Å². The van der Waals surface area contributed by atoms with Gasteiger partial charge in [0.1, 0.15) is 19.8 Å². The van der Waals surface area contributed by atoms with Gasteiger partial charge >= 0.3 is 18.2 Å². The molecule has 0 unspecified atom stereocenters. The van der Waals surface area contributed by atoms with Crippen molar-refractivity contribution in [1.82, 2.24) is 10.6 Å². The number of esters is 1. The Balaban J connectivity index is 0.000000367. The highest BCUT2D eigenvalue weighted by molar-refractivity contribution is 5.98. The van der Waals surface area contributed by atoms with Gasteiger partial charge in [-0.3, -0.25) is 24.0 Å². The summed E-state index contributed by atoms with van der Waals surface area (Å²) in [5.41, 5.74) is 4.32. The van der Waals surface area contributed by atoms with E-state index in [1.165, 1.54) is 6.92 Å². The molecule has 15 nitrogen and oxygen atoms in total. The second-order valence-electron chi connectivity index (χ2n) is 16.9. The maximum atomic E-state index is 13.1. The number of hydrogen-bond donors (Lipinski definition) is 5. The summed E-state index contributed by atoms with van der Waals surface area (Å²) in [7, 11) is 0. The van der Waals surface area contributed by atoms with E-state index in [0.29, 0.717) is 24.2 Å². The van der Waals surface area contributed by atoms with Crippen LogP contribution in [0, 0.1) is 23.7 Å². The van der Waals surface area contributed by atoms with Crippen molar-refractivity contribution in [3.8, 4) is 0 Å². The van der Waals surface area contributed by atoms with Crippen LogP contribution in [-0.2, 0) is 64.6 Å². The smallest absolute Gasteiger partial charge is 0.408 e. The third-order valence-corrected chi connectivity index (χ3v) is 10.6. The van der Waals surface area contributed by atoms with Crippen molar-refractivity contribution in [2.75, 3.05) is 10.6 Å². The van der Waals surface area contributed by atoms with Crippen molar-refractivity contribution < 1.29 is 52.9 Å². The van der Waals surface area contributed by atoms with E-state index in [2.05, 4.69) is 34.4 Å². The first kappa shape index (κ1) is 55.9. The predicted octanol–water partition coefficient (Wildman–Crippen LogP) is 9.01. The zero-order chi connectivity index (χ0) is 50.7. The molecule has 0 bridgehead atoms. The molecular weight excluding hydrogens is 881 g/mol. The Kier molecular flexibility index (Phi) is 24.4. The van der Waals surface area contributed by atoms with Crippen molar-refractivity contribution in [3.05, 3.63) is 157 Å². The van der Waals surface area contributed by atoms with Gasteiger partial charge in [0.25, 0.3) is 0 Å². The van der Waals surface area contributed by atoms with Gasteiger partial charge in [0.2, 0.25) is 11.8 Å². The van der Waals surface area contributed by atoms with Crippen LogP contribution in [0.3, 0.4) is 0 Å². The SMILES string of the molecule is C=CC[C@H](CC(=O)[C@@H](NC(=O)OCc1ccccc1)C(C)C)C(=O)Nc1ccc(CO)cc1.C=CC[C@H](CC(=O)[C@@H](NC(=O)OCc1ccccc1)C(C)C)C(=O)Nc1ccc(COC(C)=O)cc1. The highest BCUT2D eigenvalue weighted by Crippen LogP contribution is 2.21. The summed E-state index contributed by atoms with van der Waals surface area (Å²) < 4.78 is 15.4. The minimum absolute atomic E-state index is 0.0472. The lowest BCUT2D eigenvalue weighted by molar-refractivity contribution is -0.142. The van der Waals surface area contributed by atoms with Crippen LogP contribution in [0.4, 0.5) is 21.0 Å². The number of carbonyl (C=O) groups is 7. The number of amides is 4. The van der Waals surface area contributed by atoms with Gasteiger partial charge in [-0.25, -0.2) is 9.59 Å². The standard InChI is InChI=1S/C28H34N2O6.C26H32N2O5/c1-5-9-23(27(33)29-24-14-12-22(13-15-24)17-35-20(4)31)16-25(32)26(19(2)3)30-28(34)36-18-21-10-7-6-8-11-21;1-4-8-21(25(31)27-22-13-11-19(16-29)12-14-22)15-23(30)24(18(2)3)28-26(32)33-17-20-9-6-5-7-10-20/h5-8,10-15,19,23,26H,1,9,16-18H2,2-4H3,(H,29,33)(H,30,34);4-7,9-14,18,21,24,29H,1,8,15-17H2,2-3H3,(H,27,31)(H,28,32)/t23-,26+;21-,24+/m11/s1. The number of anilines is 2. The van der Waals surface area contributed by atoms with Crippen molar-refractivity contribution in [1.29, 1.82) is 0 Å². The number of nitrogens with one attached hydrogen (secondary N) is 4. The Morgan fingerprint density at radius 2 is 0.870 bits per heavy atom. The summed E-state index contributed by atoms with van der Waals surface area (Å²) in [6.07, 6.45) is 2.31. The number of allylic oxidation sites excluding steroid dienone is 2. The predicted molar refractivity (Wildman–Crippen MR) is 264 cm³/mol. The normalized spacial score (nSPS) is 12.3. The van der Waals surface area contributed by atoms with Crippen LogP contribution < -0.4 is 21.3 Å². The first-order chi connectivity index (χ1) is 33.0. The molecule has 0 fully saturated rings. The Morgan fingerprint density at radius 1 is 0.522 bits per heavy atom. The Hall–Kier alpha value is -7.39. The average molecular weight is 947 g/mol. The molecule has 4 atom stereocenters. The topological polar surface area (TPSA) is 216 Å². The first-order valence-corrected chi connectivity index (χ1v) is 22.8. The molecule has 4 amide bonds. The highest BCUT2D eigenvalue weighted by Gasteiger charge is 2.31. The monoisotopic (exact) mass is 946 g/mol. The highest BCUT2D eigenvalue weighted by atomic mass is 16.6. The van der Waals surface area contributed by atoms with E-state index >= 15 is 0 Å². The number of carbonyl (C=O) groups excluding carboxylic acids is 7. The molecule has 0 aliphatic rings. The number of ether oxygens (including phenoxy) is 3. The molecule has 0 saturated heterocycles. The first-order valence-electron chi connectivity index (χ1n) is 22.8. The number of Topliss-reactive ketones (excluding diaryl/α,β-unsaturated/α-hetero) is 2. The fraction of sp³-hybridized carbons (Fsp3) is 0.352. The maximum Gasteiger partial charge on any atom is 0.408 e. The summed E-state index contributed by atoms with van der Waals surface area (Å²) in [6.45, 7) is 16.3. The minimum Gasteiger partial charge on any atom is -0.461 e. The van der Waals surface area contributed by atoms with E-state index in [-0.39, 0.29) is 80.5 Å². The van der Waals surface area contributed by atoms with Crippen LogP contribution in [0.15, 0.2) is 135 Å². The van der Waals surface area contributed by atoms with Crippen LogP contribution in [0.2, 0.25) is 0 Å². The van der Waals surface area contributed by atoms with Gasteiger partial charge in [-0.05, 0) is 71.2 Å². The van der Waals surface area contributed by atoms with Crippen LogP contribution in [0.5, 0.6) is 0 Å². The number of aliphatic hydroxyl groups excluding tert-OH is 1.